The zero-order valence-electron chi connectivity index (χ0n) is 16.1. The molecule has 0 saturated carbocycles. The van der Waals surface area contributed by atoms with Crippen LogP contribution >= 0.6 is 37.4 Å². The standard InChI is InChI=1S/C20H26N4OS.2ClH/c1-13-5-3-7-18(14(13)2)23-20(25)17-6-4-8-19-16(17)9-10-24(19)22-11-15(21)12-26;;/h3-8,15,22,26H,9-12,21H2,1-2H3,(H,23,25);2*1H/t15-;;/m1../s1. The van der Waals surface area contributed by atoms with Gasteiger partial charge in [0.05, 0.1) is 5.69 Å². The maximum atomic E-state index is 12.9. The number of nitrogens with zero attached hydrogens (tertiary/aromatic N) is 1. The van der Waals surface area contributed by atoms with Crippen LogP contribution in [0, 0.1) is 13.8 Å². The molecule has 1 heterocycles. The van der Waals surface area contributed by atoms with E-state index in [2.05, 4.69) is 28.4 Å². The molecule has 1 aliphatic rings. The Morgan fingerprint density at radius 2 is 1.93 bits per heavy atom. The third kappa shape index (κ3) is 5.33. The summed E-state index contributed by atoms with van der Waals surface area (Å²) < 4.78 is 0. The number of hydrogen-bond acceptors (Lipinski definition) is 5. The SMILES string of the molecule is Cc1cccc(NC(=O)c2cccc3c2CCN3NC[C@@H](N)CS)c1C.Cl.Cl. The Bertz CT molecular complexity index is 819. The summed E-state index contributed by atoms with van der Waals surface area (Å²) in [4.78, 5) is 12.9. The molecule has 1 amide bonds. The topological polar surface area (TPSA) is 70.4 Å². The normalized spacial score (nSPS) is 13.2. The number of hydrogen-bond donors (Lipinski definition) is 4. The molecule has 3 rings (SSSR count). The molecule has 0 aliphatic carbocycles. The number of halogens is 2. The van der Waals surface area contributed by atoms with E-state index in [0.717, 1.165) is 46.6 Å². The van der Waals surface area contributed by atoms with Crippen molar-refractivity contribution in [2.45, 2.75) is 26.3 Å². The summed E-state index contributed by atoms with van der Waals surface area (Å²) in [6.07, 6.45) is 0.828. The molecule has 154 valence electrons. The number of fused-ring (bicyclic) bond motifs is 1. The fraction of sp³-hybridized carbons (Fsp3) is 0.350. The lowest BCUT2D eigenvalue weighted by atomic mass is 10.0. The molecule has 2 aromatic carbocycles. The highest BCUT2D eigenvalue weighted by atomic mass is 35.5. The first-order valence-corrected chi connectivity index (χ1v) is 9.51. The average Bonchev–Trinajstić information content (AvgIpc) is 3.06. The fourth-order valence-electron chi connectivity index (χ4n) is 3.18. The van der Waals surface area contributed by atoms with Gasteiger partial charge in [-0.2, -0.15) is 12.6 Å². The lowest BCUT2D eigenvalue weighted by molar-refractivity contribution is 0.102. The van der Waals surface area contributed by atoms with Crippen LogP contribution in [0.25, 0.3) is 0 Å². The fourth-order valence-corrected chi connectivity index (χ4v) is 3.31. The molecule has 0 aromatic heterocycles. The van der Waals surface area contributed by atoms with Gasteiger partial charge < -0.3 is 16.1 Å². The van der Waals surface area contributed by atoms with E-state index < -0.39 is 0 Å². The Kier molecular flexibility index (Phi) is 9.60. The van der Waals surface area contributed by atoms with Gasteiger partial charge in [-0.1, -0.05) is 18.2 Å². The Morgan fingerprint density at radius 3 is 2.64 bits per heavy atom. The Morgan fingerprint density at radius 1 is 1.21 bits per heavy atom. The van der Waals surface area contributed by atoms with Crippen LogP contribution in [0.1, 0.15) is 27.0 Å². The number of thiol groups is 1. The van der Waals surface area contributed by atoms with Crippen LogP contribution in [-0.2, 0) is 6.42 Å². The number of anilines is 2. The minimum absolute atomic E-state index is 0. The van der Waals surface area contributed by atoms with E-state index in [-0.39, 0.29) is 36.8 Å². The van der Waals surface area contributed by atoms with Crippen LogP contribution in [0.15, 0.2) is 36.4 Å². The highest BCUT2D eigenvalue weighted by molar-refractivity contribution is 7.80. The maximum Gasteiger partial charge on any atom is 0.256 e. The summed E-state index contributed by atoms with van der Waals surface area (Å²) in [5.74, 6) is 0.566. The Labute approximate surface area is 184 Å². The molecular weight excluding hydrogens is 415 g/mol. The van der Waals surface area contributed by atoms with E-state index >= 15 is 0 Å². The summed E-state index contributed by atoms with van der Waals surface area (Å²) in [7, 11) is 0. The van der Waals surface area contributed by atoms with Crippen molar-refractivity contribution in [1.82, 2.24) is 5.43 Å². The first-order valence-electron chi connectivity index (χ1n) is 8.88. The molecule has 2 aromatic rings. The van der Waals surface area contributed by atoms with Crippen molar-refractivity contribution in [2.75, 3.05) is 29.2 Å². The number of carbonyl (C=O) groups excluding carboxylic acids is 1. The second kappa shape index (κ2) is 10.9. The van der Waals surface area contributed by atoms with Gasteiger partial charge in [0.25, 0.3) is 5.91 Å². The zero-order valence-corrected chi connectivity index (χ0v) is 18.6. The summed E-state index contributed by atoms with van der Waals surface area (Å²) >= 11 is 4.22. The molecule has 5 nitrogen and oxygen atoms in total. The van der Waals surface area contributed by atoms with Gasteiger partial charge >= 0.3 is 0 Å². The number of benzene rings is 2. The molecule has 0 saturated heterocycles. The maximum absolute atomic E-state index is 12.9. The Balaban J connectivity index is 0.00000196. The van der Waals surface area contributed by atoms with Gasteiger partial charge in [0.15, 0.2) is 0 Å². The van der Waals surface area contributed by atoms with Crippen LogP contribution in [0.5, 0.6) is 0 Å². The van der Waals surface area contributed by atoms with Crippen LogP contribution < -0.4 is 21.5 Å². The molecule has 0 fully saturated rings. The molecule has 1 aliphatic heterocycles. The summed E-state index contributed by atoms with van der Waals surface area (Å²) in [6.45, 7) is 5.55. The predicted molar refractivity (Wildman–Crippen MR) is 126 cm³/mol. The molecular formula is C20H28Cl2N4OS. The van der Waals surface area contributed by atoms with E-state index in [1.165, 1.54) is 0 Å². The quantitative estimate of drug-likeness (QED) is 0.516. The predicted octanol–water partition coefficient (Wildman–Crippen LogP) is 3.52. The molecule has 8 heteroatoms. The number of nitrogens with one attached hydrogen (secondary N) is 2. The number of amides is 1. The first-order chi connectivity index (χ1) is 12.5. The van der Waals surface area contributed by atoms with Gasteiger partial charge in [-0.15, -0.1) is 24.8 Å². The van der Waals surface area contributed by atoms with Crippen molar-refractivity contribution in [3.8, 4) is 0 Å². The van der Waals surface area contributed by atoms with Gasteiger partial charge in [0.1, 0.15) is 0 Å². The molecule has 0 bridgehead atoms. The number of aryl methyl sites for hydroxylation is 1. The average molecular weight is 443 g/mol. The van der Waals surface area contributed by atoms with E-state index in [4.69, 9.17) is 5.73 Å². The lowest BCUT2D eigenvalue weighted by Crippen LogP contribution is -2.44. The van der Waals surface area contributed by atoms with Crippen molar-refractivity contribution < 1.29 is 4.79 Å². The van der Waals surface area contributed by atoms with Crippen LogP contribution in [0.4, 0.5) is 11.4 Å². The second-order valence-electron chi connectivity index (χ2n) is 6.71. The van der Waals surface area contributed by atoms with Crippen molar-refractivity contribution >= 4 is 54.7 Å². The number of hydrazine groups is 1. The van der Waals surface area contributed by atoms with E-state index in [1.54, 1.807) is 0 Å². The summed E-state index contributed by atoms with van der Waals surface area (Å²) in [5, 5.41) is 5.14. The van der Waals surface area contributed by atoms with Crippen molar-refractivity contribution in [2.24, 2.45) is 5.73 Å². The van der Waals surface area contributed by atoms with Gasteiger partial charge in [-0.25, -0.2) is 5.43 Å². The van der Waals surface area contributed by atoms with Crippen LogP contribution in [0.3, 0.4) is 0 Å². The summed E-state index contributed by atoms with van der Waals surface area (Å²) in [5.41, 5.74) is 15.2. The third-order valence-corrected chi connectivity index (χ3v) is 5.37. The van der Waals surface area contributed by atoms with Gasteiger partial charge in [-0.05, 0) is 55.2 Å². The van der Waals surface area contributed by atoms with Gasteiger partial charge in [-0.3, -0.25) is 4.79 Å². The third-order valence-electron chi connectivity index (χ3n) is 4.90. The first kappa shape index (κ1) is 24.6. The van der Waals surface area contributed by atoms with Crippen LogP contribution in [-0.4, -0.2) is 30.8 Å². The second-order valence-corrected chi connectivity index (χ2v) is 7.08. The minimum atomic E-state index is -0.0653. The lowest BCUT2D eigenvalue weighted by Gasteiger charge is -2.22. The zero-order chi connectivity index (χ0) is 18.7. The van der Waals surface area contributed by atoms with Crippen molar-refractivity contribution in [1.29, 1.82) is 0 Å². The highest BCUT2D eigenvalue weighted by Crippen LogP contribution is 2.30. The number of carbonyl (C=O) groups is 1. The molecule has 4 N–H and O–H groups in total. The van der Waals surface area contributed by atoms with Gasteiger partial charge in [0.2, 0.25) is 0 Å². The largest absolute Gasteiger partial charge is 0.326 e. The molecule has 0 spiro atoms. The summed E-state index contributed by atoms with van der Waals surface area (Å²) in [6, 6.07) is 11.8. The molecule has 0 radical (unpaired) electrons. The van der Waals surface area contributed by atoms with E-state index in [0.29, 0.717) is 12.3 Å². The van der Waals surface area contributed by atoms with Crippen molar-refractivity contribution in [3.05, 3.63) is 58.7 Å². The smallest absolute Gasteiger partial charge is 0.256 e. The van der Waals surface area contributed by atoms with Crippen molar-refractivity contribution in [3.63, 3.8) is 0 Å². The number of nitrogens with two attached hydrogens (primary N) is 1. The minimum Gasteiger partial charge on any atom is -0.326 e. The van der Waals surface area contributed by atoms with Gasteiger partial charge in [0, 0.05) is 36.1 Å². The van der Waals surface area contributed by atoms with E-state index in [9.17, 15) is 4.79 Å². The molecule has 1 atom stereocenters. The highest BCUT2D eigenvalue weighted by Gasteiger charge is 2.24. The molecule has 28 heavy (non-hydrogen) atoms. The monoisotopic (exact) mass is 442 g/mol. The number of rotatable bonds is 6. The Hall–Kier alpha value is -1.44. The van der Waals surface area contributed by atoms with E-state index in [1.807, 2.05) is 50.2 Å². The molecule has 0 unspecified atom stereocenters. The van der Waals surface area contributed by atoms with Crippen LogP contribution in [0.2, 0.25) is 0 Å².